The molecule has 2 aromatic rings. The summed E-state index contributed by atoms with van der Waals surface area (Å²) in [5.74, 6) is 0. The molecule has 0 spiro atoms. The Bertz CT molecular complexity index is 461. The molecule has 112 valence electrons. The van der Waals surface area contributed by atoms with Crippen LogP contribution in [0, 0.1) is 0 Å². The molecule has 1 heteroatoms. The summed E-state index contributed by atoms with van der Waals surface area (Å²) in [5, 5.41) is 3.10. The summed E-state index contributed by atoms with van der Waals surface area (Å²) in [6, 6.07) is 18.7. The molecule has 0 saturated heterocycles. The molecule has 0 bridgehead atoms. The molecule has 2 rings (SSSR count). The van der Waals surface area contributed by atoms with Crippen molar-refractivity contribution < 1.29 is 0 Å². The van der Waals surface area contributed by atoms with Crippen molar-refractivity contribution in [2.24, 2.45) is 0 Å². The lowest BCUT2D eigenvalue weighted by Crippen LogP contribution is -2.26. The Hall–Kier alpha value is -1.34. The second-order valence-electron chi connectivity index (χ2n) is 6.02. The van der Waals surface area contributed by atoms with Crippen molar-refractivity contribution in [3.8, 4) is 0 Å². The zero-order valence-corrected chi connectivity index (χ0v) is 15.0. The Morgan fingerprint density at radius 2 is 1.00 bits per heavy atom. The van der Waals surface area contributed by atoms with E-state index in [0.717, 1.165) is 0 Å². The van der Waals surface area contributed by atoms with E-state index < -0.39 is 0 Å². The first kappa shape index (κ1) is 16.0. The van der Waals surface area contributed by atoms with Gasteiger partial charge in [-0.3, -0.25) is 0 Å². The molecule has 0 fully saturated rings. The summed E-state index contributed by atoms with van der Waals surface area (Å²) in [7, 11) is -0.304. The van der Waals surface area contributed by atoms with Crippen molar-refractivity contribution in [2.75, 3.05) is 0 Å². The number of rotatable bonds is 8. The highest BCUT2D eigenvalue weighted by atomic mass is 28.2. The molecule has 0 aliphatic carbocycles. The number of benzene rings is 2. The quantitative estimate of drug-likeness (QED) is 0.654. The Balaban J connectivity index is 1.91. The summed E-state index contributed by atoms with van der Waals surface area (Å²) in [4.78, 5) is 0. The van der Waals surface area contributed by atoms with E-state index in [1.807, 2.05) is 0 Å². The summed E-state index contributed by atoms with van der Waals surface area (Å²) in [6.45, 7) is 4.51. The lowest BCUT2D eigenvalue weighted by atomic mass is 10.1. The second-order valence-corrected chi connectivity index (χ2v) is 8.00. The monoisotopic (exact) mass is 296 g/mol. The van der Waals surface area contributed by atoms with Gasteiger partial charge in [-0.1, -0.05) is 85.6 Å². The van der Waals surface area contributed by atoms with Crippen molar-refractivity contribution in [3.63, 3.8) is 0 Å². The molecule has 0 saturated carbocycles. The number of hydrogen-bond acceptors (Lipinski definition) is 0. The molecule has 0 nitrogen and oxygen atoms in total. The highest BCUT2D eigenvalue weighted by Crippen LogP contribution is 2.04. The Morgan fingerprint density at radius 1 is 0.619 bits per heavy atom. The molecule has 2 aromatic carbocycles. The standard InChI is InChI=1S/C20H28Si/c1-3-5-7-17-9-13-19(14-10-17)21-20-15-11-18(12-16-20)8-6-4-2/h9-16H,3-8,21H2,1-2H3. The molecule has 0 amide bonds. The minimum Gasteiger partial charge on any atom is -0.0654 e. The van der Waals surface area contributed by atoms with Crippen LogP contribution in [-0.4, -0.2) is 9.52 Å². The van der Waals surface area contributed by atoms with Gasteiger partial charge in [0.25, 0.3) is 0 Å². The average Bonchev–Trinajstić information content (AvgIpc) is 2.53. The highest BCUT2D eigenvalue weighted by molar-refractivity contribution is 6.67. The maximum atomic E-state index is 2.35. The fourth-order valence-corrected chi connectivity index (χ4v) is 4.06. The normalized spacial score (nSPS) is 10.8. The van der Waals surface area contributed by atoms with Crippen LogP contribution in [0.4, 0.5) is 0 Å². The minimum absolute atomic E-state index is 0.304. The van der Waals surface area contributed by atoms with Crippen molar-refractivity contribution in [1.82, 2.24) is 0 Å². The summed E-state index contributed by atoms with van der Waals surface area (Å²) in [6.07, 6.45) is 7.61. The molecule has 0 unspecified atom stereocenters. The fraction of sp³-hybridized carbons (Fsp3) is 0.400. The van der Waals surface area contributed by atoms with Gasteiger partial charge in [0.1, 0.15) is 0 Å². The van der Waals surface area contributed by atoms with Crippen LogP contribution in [0.15, 0.2) is 48.5 Å². The van der Waals surface area contributed by atoms with E-state index in [0.29, 0.717) is 0 Å². The first-order valence-corrected chi connectivity index (χ1v) is 9.89. The van der Waals surface area contributed by atoms with Crippen LogP contribution in [0.2, 0.25) is 0 Å². The van der Waals surface area contributed by atoms with Crippen molar-refractivity contribution in [3.05, 3.63) is 59.7 Å². The molecule has 0 atom stereocenters. The average molecular weight is 297 g/mol. The van der Waals surface area contributed by atoms with Gasteiger partial charge in [0.2, 0.25) is 0 Å². The smallest absolute Gasteiger partial charge is 0.0654 e. The van der Waals surface area contributed by atoms with E-state index in [2.05, 4.69) is 62.4 Å². The lowest BCUT2D eigenvalue weighted by molar-refractivity contribution is 0.795. The van der Waals surface area contributed by atoms with E-state index in [9.17, 15) is 0 Å². The molecule has 0 N–H and O–H groups in total. The van der Waals surface area contributed by atoms with Crippen LogP contribution < -0.4 is 10.4 Å². The summed E-state index contributed by atoms with van der Waals surface area (Å²) < 4.78 is 0. The van der Waals surface area contributed by atoms with E-state index in [-0.39, 0.29) is 9.52 Å². The van der Waals surface area contributed by atoms with Gasteiger partial charge in [-0.2, -0.15) is 0 Å². The Kier molecular flexibility index (Phi) is 6.75. The molecule has 0 aromatic heterocycles. The van der Waals surface area contributed by atoms with Gasteiger partial charge >= 0.3 is 0 Å². The molecule has 0 heterocycles. The summed E-state index contributed by atoms with van der Waals surface area (Å²) in [5.41, 5.74) is 2.98. The molecule has 0 aliphatic rings. The number of aryl methyl sites for hydroxylation is 2. The van der Waals surface area contributed by atoms with Gasteiger partial charge in [-0.05, 0) is 36.8 Å². The molecular weight excluding hydrogens is 268 g/mol. The third-order valence-electron chi connectivity index (χ3n) is 4.09. The van der Waals surface area contributed by atoms with Gasteiger partial charge < -0.3 is 0 Å². The highest BCUT2D eigenvalue weighted by Gasteiger charge is 1.99. The number of unbranched alkanes of at least 4 members (excludes halogenated alkanes) is 2. The van der Waals surface area contributed by atoms with Crippen LogP contribution >= 0.6 is 0 Å². The Labute approximate surface area is 132 Å². The van der Waals surface area contributed by atoms with Crippen LogP contribution in [0.3, 0.4) is 0 Å². The first-order chi connectivity index (χ1) is 10.3. The van der Waals surface area contributed by atoms with Gasteiger partial charge in [-0.15, -0.1) is 0 Å². The summed E-state index contributed by atoms with van der Waals surface area (Å²) >= 11 is 0. The number of hydrogen-bond donors (Lipinski definition) is 0. The SMILES string of the molecule is CCCCc1ccc([SiH2]c2ccc(CCCC)cc2)cc1. The van der Waals surface area contributed by atoms with Gasteiger partial charge in [0, 0.05) is 0 Å². The maximum absolute atomic E-state index is 2.35. The van der Waals surface area contributed by atoms with Crippen molar-refractivity contribution in [1.29, 1.82) is 0 Å². The Morgan fingerprint density at radius 3 is 1.33 bits per heavy atom. The lowest BCUT2D eigenvalue weighted by Gasteiger charge is -2.05. The minimum atomic E-state index is -0.304. The van der Waals surface area contributed by atoms with Gasteiger partial charge in [0.05, 0.1) is 9.52 Å². The molecule has 21 heavy (non-hydrogen) atoms. The van der Waals surface area contributed by atoms with Gasteiger partial charge in [-0.25, -0.2) is 0 Å². The molecule has 0 aliphatic heterocycles. The van der Waals surface area contributed by atoms with E-state index in [4.69, 9.17) is 0 Å². The van der Waals surface area contributed by atoms with Crippen molar-refractivity contribution in [2.45, 2.75) is 52.4 Å². The largest absolute Gasteiger partial charge is 0.0875 e. The van der Waals surface area contributed by atoms with Crippen LogP contribution in [0.25, 0.3) is 0 Å². The van der Waals surface area contributed by atoms with E-state index >= 15 is 0 Å². The van der Waals surface area contributed by atoms with E-state index in [1.165, 1.54) is 49.7 Å². The third-order valence-corrected chi connectivity index (χ3v) is 5.85. The zero-order chi connectivity index (χ0) is 14.9. The third kappa shape index (κ3) is 5.51. The topological polar surface area (TPSA) is 0 Å². The van der Waals surface area contributed by atoms with Crippen LogP contribution in [-0.2, 0) is 12.8 Å². The molecular formula is C20H28Si. The van der Waals surface area contributed by atoms with E-state index in [1.54, 1.807) is 10.4 Å². The van der Waals surface area contributed by atoms with Crippen LogP contribution in [0.5, 0.6) is 0 Å². The zero-order valence-electron chi connectivity index (χ0n) is 13.6. The fourth-order valence-electron chi connectivity index (χ4n) is 2.65. The second kappa shape index (κ2) is 8.84. The van der Waals surface area contributed by atoms with Crippen molar-refractivity contribution >= 4 is 19.9 Å². The molecule has 0 radical (unpaired) electrons. The predicted molar refractivity (Wildman–Crippen MR) is 97.9 cm³/mol. The maximum Gasteiger partial charge on any atom is 0.0875 e. The predicted octanol–water partition coefficient (Wildman–Crippen LogP) is 3.49. The first-order valence-electron chi connectivity index (χ1n) is 8.47. The van der Waals surface area contributed by atoms with Crippen LogP contribution in [0.1, 0.15) is 50.7 Å². The van der Waals surface area contributed by atoms with Gasteiger partial charge in [0.15, 0.2) is 0 Å².